The Bertz CT molecular complexity index is 1090. The molecule has 2 N–H and O–H groups in total. The predicted octanol–water partition coefficient (Wildman–Crippen LogP) is 1.50. The molecule has 1 aliphatic rings. The van der Waals surface area contributed by atoms with E-state index < -0.39 is 0 Å². The molecule has 34 heavy (non-hydrogen) atoms. The van der Waals surface area contributed by atoms with E-state index in [0.717, 1.165) is 58.0 Å². The normalized spacial score (nSPS) is 14.8. The van der Waals surface area contributed by atoms with Gasteiger partial charge < -0.3 is 19.8 Å². The van der Waals surface area contributed by atoms with Gasteiger partial charge in [0.05, 0.1) is 19.8 Å². The Morgan fingerprint density at radius 2 is 1.94 bits per heavy atom. The van der Waals surface area contributed by atoms with Crippen LogP contribution >= 0.6 is 0 Å². The van der Waals surface area contributed by atoms with Crippen LogP contribution in [0.15, 0.2) is 35.1 Å². The van der Waals surface area contributed by atoms with Crippen LogP contribution in [0.2, 0.25) is 0 Å². The second-order valence-electron chi connectivity index (χ2n) is 8.35. The van der Waals surface area contributed by atoms with Crippen LogP contribution in [-0.4, -0.2) is 102 Å². The molecule has 0 saturated carbocycles. The molecule has 4 rings (SSSR count). The third kappa shape index (κ3) is 6.01. The van der Waals surface area contributed by atoms with Crippen molar-refractivity contribution in [1.82, 2.24) is 29.3 Å². The highest BCUT2D eigenvalue weighted by atomic mass is 16.5. The smallest absolute Gasteiger partial charge is 0.327 e. The van der Waals surface area contributed by atoms with E-state index in [-0.39, 0.29) is 5.69 Å². The number of anilines is 1. The molecule has 3 heterocycles. The molecule has 0 unspecified atom stereocenters. The summed E-state index contributed by atoms with van der Waals surface area (Å²) in [5.74, 6) is 1.25. The van der Waals surface area contributed by atoms with Crippen molar-refractivity contribution >= 4 is 17.0 Å². The molecule has 0 radical (unpaired) electrons. The van der Waals surface area contributed by atoms with Gasteiger partial charge in [-0.15, -0.1) is 0 Å². The first-order valence-electron chi connectivity index (χ1n) is 12.0. The fourth-order valence-corrected chi connectivity index (χ4v) is 4.13. The Balaban J connectivity index is 1.60. The van der Waals surface area contributed by atoms with Gasteiger partial charge in [-0.2, -0.15) is 0 Å². The average molecular weight is 470 g/mol. The molecule has 0 amide bonds. The fraction of sp³-hybridized carbons (Fsp3) is 0.542. The fourth-order valence-electron chi connectivity index (χ4n) is 4.13. The first-order valence-corrected chi connectivity index (χ1v) is 12.0. The number of nitrogens with one attached hydrogen (secondary N) is 2. The number of nitrogens with zero attached hydrogens (tertiary/aromatic N) is 5. The lowest BCUT2D eigenvalue weighted by molar-refractivity contribution is 0.0398. The maximum absolute atomic E-state index is 12.9. The maximum atomic E-state index is 12.9. The zero-order valence-corrected chi connectivity index (χ0v) is 20.1. The largest absolute Gasteiger partial charge is 0.383 e. The van der Waals surface area contributed by atoms with Gasteiger partial charge in [0.25, 0.3) is 0 Å². The van der Waals surface area contributed by atoms with Crippen LogP contribution in [0.5, 0.6) is 0 Å². The number of likely N-dealkylation sites (N-methyl/N-ethyl adjacent to an activating group) is 1. The first-order chi connectivity index (χ1) is 16.7. The van der Waals surface area contributed by atoms with Crippen molar-refractivity contribution in [1.29, 1.82) is 0 Å². The number of H-pyrrole nitrogens is 1. The summed E-state index contributed by atoms with van der Waals surface area (Å²) in [5, 5.41) is 3.45. The van der Waals surface area contributed by atoms with Gasteiger partial charge in [0.15, 0.2) is 17.3 Å². The third-order valence-electron chi connectivity index (χ3n) is 6.18. The highest BCUT2D eigenvalue weighted by molar-refractivity contribution is 5.85. The molecule has 1 fully saturated rings. The number of benzene rings is 1. The van der Waals surface area contributed by atoms with Crippen LogP contribution in [-0.2, 0) is 16.0 Å². The number of fused-ring (bicyclic) bond motifs is 1. The summed E-state index contributed by atoms with van der Waals surface area (Å²) in [5.41, 5.74) is 2.01. The number of rotatable bonds is 12. The summed E-state index contributed by atoms with van der Waals surface area (Å²) >= 11 is 0. The van der Waals surface area contributed by atoms with E-state index in [1.165, 1.54) is 0 Å². The minimum absolute atomic E-state index is 0.173. The maximum Gasteiger partial charge on any atom is 0.327 e. The van der Waals surface area contributed by atoms with Gasteiger partial charge in [-0.1, -0.05) is 37.3 Å². The van der Waals surface area contributed by atoms with Crippen molar-refractivity contribution in [2.45, 2.75) is 13.5 Å². The van der Waals surface area contributed by atoms with E-state index in [4.69, 9.17) is 19.4 Å². The van der Waals surface area contributed by atoms with Crippen molar-refractivity contribution in [2.75, 3.05) is 78.1 Å². The monoisotopic (exact) mass is 469 g/mol. The number of ether oxygens (including phenoxy) is 2. The summed E-state index contributed by atoms with van der Waals surface area (Å²) in [4.78, 5) is 30.1. The average Bonchev–Trinajstić information content (AvgIpc) is 3.20. The van der Waals surface area contributed by atoms with Gasteiger partial charge >= 0.3 is 5.69 Å². The minimum Gasteiger partial charge on any atom is -0.383 e. The SMILES string of the molecule is CCN(CCOC)CCn1c(=O)[nH]c2c(NCCN3CCOCC3)nc(-c3ccccc3)nc21. The van der Waals surface area contributed by atoms with Gasteiger partial charge in [-0.25, -0.2) is 14.8 Å². The van der Waals surface area contributed by atoms with Crippen molar-refractivity contribution < 1.29 is 9.47 Å². The lowest BCUT2D eigenvalue weighted by Gasteiger charge is -2.26. The zero-order valence-electron chi connectivity index (χ0n) is 20.1. The lowest BCUT2D eigenvalue weighted by atomic mass is 10.2. The molecule has 0 atom stereocenters. The van der Waals surface area contributed by atoms with E-state index in [1.807, 2.05) is 30.3 Å². The van der Waals surface area contributed by atoms with Crippen LogP contribution < -0.4 is 11.0 Å². The van der Waals surface area contributed by atoms with Gasteiger partial charge in [0, 0.05) is 58.5 Å². The van der Waals surface area contributed by atoms with Crippen molar-refractivity contribution in [3.8, 4) is 11.4 Å². The second kappa shape index (κ2) is 12.1. The summed E-state index contributed by atoms with van der Waals surface area (Å²) in [7, 11) is 1.70. The van der Waals surface area contributed by atoms with Gasteiger partial charge in [0.1, 0.15) is 5.52 Å². The van der Waals surface area contributed by atoms with Gasteiger partial charge in [0.2, 0.25) is 0 Å². The summed E-state index contributed by atoms with van der Waals surface area (Å²) < 4.78 is 12.4. The van der Waals surface area contributed by atoms with E-state index in [2.05, 4.69) is 27.0 Å². The molecule has 1 aromatic carbocycles. The van der Waals surface area contributed by atoms with Crippen molar-refractivity contribution in [3.63, 3.8) is 0 Å². The molecule has 1 saturated heterocycles. The molecule has 10 nitrogen and oxygen atoms in total. The second-order valence-corrected chi connectivity index (χ2v) is 8.35. The summed E-state index contributed by atoms with van der Waals surface area (Å²) in [6.45, 7) is 10.7. The number of methoxy groups -OCH3 is 1. The molecule has 184 valence electrons. The number of aromatic nitrogens is 4. The number of imidazole rings is 1. The lowest BCUT2D eigenvalue weighted by Crippen LogP contribution is -2.39. The van der Waals surface area contributed by atoms with Crippen LogP contribution in [0.4, 0.5) is 5.82 Å². The molecule has 2 aromatic heterocycles. The van der Waals surface area contributed by atoms with Crippen molar-refractivity contribution in [3.05, 3.63) is 40.8 Å². The minimum atomic E-state index is -0.173. The first kappa shape index (κ1) is 24.3. The van der Waals surface area contributed by atoms with Crippen LogP contribution in [0.3, 0.4) is 0 Å². The molecular weight excluding hydrogens is 434 g/mol. The number of morpholine rings is 1. The summed E-state index contributed by atoms with van der Waals surface area (Å²) in [6, 6.07) is 9.87. The third-order valence-corrected chi connectivity index (χ3v) is 6.18. The Labute approximate surface area is 199 Å². The van der Waals surface area contributed by atoms with Crippen LogP contribution in [0.25, 0.3) is 22.6 Å². The molecule has 0 bridgehead atoms. The van der Waals surface area contributed by atoms with E-state index >= 15 is 0 Å². The standard InChI is InChI=1S/C24H35N7O3/c1-3-29(13-16-33-2)11-12-31-23-20(26-24(31)32)22(25-9-10-30-14-17-34-18-15-30)27-21(28-23)19-7-5-4-6-8-19/h4-8H,3,9-18H2,1-2H3,(H,26,32)(H,25,27,28). The van der Waals surface area contributed by atoms with Crippen LogP contribution in [0, 0.1) is 0 Å². The summed E-state index contributed by atoms with van der Waals surface area (Å²) in [6.07, 6.45) is 0. The van der Waals surface area contributed by atoms with E-state index in [1.54, 1.807) is 11.7 Å². The molecular formula is C24H35N7O3. The Hall–Kier alpha value is -2.79. The highest BCUT2D eigenvalue weighted by Crippen LogP contribution is 2.23. The zero-order chi connectivity index (χ0) is 23.8. The Kier molecular flexibility index (Phi) is 8.64. The predicted molar refractivity (Wildman–Crippen MR) is 133 cm³/mol. The number of hydrogen-bond donors (Lipinski definition) is 2. The highest BCUT2D eigenvalue weighted by Gasteiger charge is 2.17. The number of hydrogen-bond acceptors (Lipinski definition) is 8. The topological polar surface area (TPSA) is 101 Å². The molecule has 0 spiro atoms. The Morgan fingerprint density at radius 1 is 1.15 bits per heavy atom. The Morgan fingerprint density at radius 3 is 2.68 bits per heavy atom. The van der Waals surface area contributed by atoms with E-state index in [9.17, 15) is 4.79 Å². The van der Waals surface area contributed by atoms with Gasteiger partial charge in [-0.3, -0.25) is 14.4 Å². The number of aromatic amines is 1. The molecule has 0 aliphatic carbocycles. The van der Waals surface area contributed by atoms with Crippen molar-refractivity contribution in [2.24, 2.45) is 0 Å². The molecule has 3 aromatic rings. The molecule has 1 aliphatic heterocycles. The van der Waals surface area contributed by atoms with Gasteiger partial charge in [-0.05, 0) is 6.54 Å². The quantitative estimate of drug-likeness (QED) is 0.412. The van der Waals surface area contributed by atoms with Crippen LogP contribution in [0.1, 0.15) is 6.92 Å². The molecule has 10 heteroatoms. The van der Waals surface area contributed by atoms with E-state index in [0.29, 0.717) is 42.5 Å².